The van der Waals surface area contributed by atoms with Crippen molar-refractivity contribution in [2.24, 2.45) is 5.73 Å². The minimum Gasteiger partial charge on any atom is -0.480 e. The summed E-state index contributed by atoms with van der Waals surface area (Å²) >= 11 is 0. The molecule has 0 saturated heterocycles. The lowest BCUT2D eigenvalue weighted by molar-refractivity contribution is -0.161. The minimum atomic E-state index is -4.77. The van der Waals surface area contributed by atoms with Crippen molar-refractivity contribution < 1.29 is 52.6 Å². The standard InChI is InChI=1S/C48H86NO11P/c1-3-5-7-9-11-13-15-17-18-19-20-21-22-24-26-28-30-32-34-38-46(51)57-40-44(41-58-61(55,56)59-42-45(49)48(53)54)60-47(52)39-35-37-43(50)36-33-31-29-27-25-23-16-14-12-10-8-6-4-2/h17-18,23,25,29,31,33,36,43-45,50H,3-16,19-22,24,26-28,30,32,34-35,37-42,49H2,1-2H3,(H,53,54)(H,55,56)/b18-17-,25-23+,31-29+,36-33+/t43?,44-,45+/m1/s1. The summed E-state index contributed by atoms with van der Waals surface area (Å²) in [6.45, 7) is 2.61. The summed E-state index contributed by atoms with van der Waals surface area (Å²) in [7, 11) is -4.77. The van der Waals surface area contributed by atoms with E-state index in [1.807, 2.05) is 12.2 Å². The van der Waals surface area contributed by atoms with Crippen molar-refractivity contribution in [2.75, 3.05) is 19.8 Å². The van der Waals surface area contributed by atoms with Crippen LogP contribution < -0.4 is 5.73 Å². The third-order valence-corrected chi connectivity index (χ3v) is 11.1. The first-order valence-electron chi connectivity index (χ1n) is 23.8. The van der Waals surface area contributed by atoms with Crippen LogP contribution in [-0.4, -0.2) is 71.1 Å². The molecule has 0 amide bonds. The van der Waals surface area contributed by atoms with E-state index >= 15 is 0 Å². The maximum absolute atomic E-state index is 12.7. The molecule has 2 unspecified atom stereocenters. The quantitative estimate of drug-likeness (QED) is 0.0149. The Kier molecular flexibility index (Phi) is 40.9. The molecule has 0 heterocycles. The van der Waals surface area contributed by atoms with E-state index in [-0.39, 0.29) is 12.8 Å². The number of ether oxygens (including phenoxy) is 2. The zero-order valence-corrected chi connectivity index (χ0v) is 39.0. The topological polar surface area (TPSA) is 192 Å². The third-order valence-electron chi connectivity index (χ3n) is 10.2. The first-order valence-corrected chi connectivity index (χ1v) is 25.3. The van der Waals surface area contributed by atoms with Crippen LogP contribution in [0, 0.1) is 0 Å². The number of rotatable bonds is 44. The number of carboxylic acid groups (broad SMARTS) is 1. The van der Waals surface area contributed by atoms with Gasteiger partial charge in [0.05, 0.1) is 19.3 Å². The van der Waals surface area contributed by atoms with E-state index in [4.69, 9.17) is 24.8 Å². The van der Waals surface area contributed by atoms with Gasteiger partial charge < -0.3 is 30.3 Å². The van der Waals surface area contributed by atoms with Crippen molar-refractivity contribution in [2.45, 2.75) is 218 Å². The van der Waals surface area contributed by atoms with E-state index in [0.717, 1.165) is 32.1 Å². The van der Waals surface area contributed by atoms with Gasteiger partial charge in [-0.15, -0.1) is 0 Å². The summed E-state index contributed by atoms with van der Waals surface area (Å²) in [4.78, 5) is 46.1. The Hall–Kier alpha value is -2.60. The molecule has 0 aromatic carbocycles. The Morgan fingerprint density at radius 3 is 1.61 bits per heavy atom. The van der Waals surface area contributed by atoms with E-state index in [9.17, 15) is 28.9 Å². The van der Waals surface area contributed by atoms with Crippen LogP contribution in [0.1, 0.15) is 200 Å². The molecule has 354 valence electrons. The Bertz CT molecular complexity index is 1240. The molecule has 0 spiro atoms. The molecule has 0 aromatic rings. The van der Waals surface area contributed by atoms with Crippen molar-refractivity contribution in [3.63, 3.8) is 0 Å². The maximum Gasteiger partial charge on any atom is 0.472 e. The van der Waals surface area contributed by atoms with Gasteiger partial charge in [0.2, 0.25) is 0 Å². The average molecular weight is 884 g/mol. The molecular formula is C48H86NO11P. The van der Waals surface area contributed by atoms with Gasteiger partial charge in [-0.3, -0.25) is 23.4 Å². The van der Waals surface area contributed by atoms with Crippen LogP contribution in [0.5, 0.6) is 0 Å². The highest BCUT2D eigenvalue weighted by Crippen LogP contribution is 2.43. The number of hydrogen-bond acceptors (Lipinski definition) is 10. The van der Waals surface area contributed by atoms with Gasteiger partial charge >= 0.3 is 25.7 Å². The summed E-state index contributed by atoms with van der Waals surface area (Å²) in [6, 6.07) is -1.55. The molecular weight excluding hydrogens is 797 g/mol. The molecule has 0 rings (SSSR count). The predicted molar refractivity (Wildman–Crippen MR) is 246 cm³/mol. The summed E-state index contributed by atoms with van der Waals surface area (Å²) in [6.07, 6.45) is 44.9. The fourth-order valence-corrected chi connectivity index (χ4v) is 7.14. The van der Waals surface area contributed by atoms with E-state index in [0.29, 0.717) is 19.3 Å². The molecule has 0 aliphatic heterocycles. The number of nitrogens with two attached hydrogens (primary N) is 1. The molecule has 0 aromatic heterocycles. The van der Waals surface area contributed by atoms with Gasteiger partial charge in [0.15, 0.2) is 6.10 Å². The molecule has 0 bridgehead atoms. The van der Waals surface area contributed by atoms with Gasteiger partial charge in [0.25, 0.3) is 0 Å². The van der Waals surface area contributed by atoms with E-state index in [2.05, 4.69) is 42.7 Å². The lowest BCUT2D eigenvalue weighted by Gasteiger charge is -2.20. The van der Waals surface area contributed by atoms with E-state index in [1.54, 1.807) is 12.2 Å². The van der Waals surface area contributed by atoms with Crippen LogP contribution in [0.2, 0.25) is 0 Å². The second-order valence-corrected chi connectivity index (χ2v) is 17.5. The molecule has 0 radical (unpaired) electrons. The van der Waals surface area contributed by atoms with Crippen LogP contribution in [0.3, 0.4) is 0 Å². The number of aliphatic hydroxyl groups is 1. The largest absolute Gasteiger partial charge is 0.480 e. The highest BCUT2D eigenvalue weighted by molar-refractivity contribution is 7.47. The van der Waals surface area contributed by atoms with Crippen molar-refractivity contribution in [3.8, 4) is 0 Å². The Morgan fingerprint density at radius 2 is 1.07 bits per heavy atom. The van der Waals surface area contributed by atoms with Crippen molar-refractivity contribution in [3.05, 3.63) is 48.6 Å². The summed E-state index contributed by atoms with van der Waals surface area (Å²) in [5.74, 6) is -2.60. The van der Waals surface area contributed by atoms with Crippen LogP contribution >= 0.6 is 7.82 Å². The van der Waals surface area contributed by atoms with Gasteiger partial charge in [0.1, 0.15) is 12.6 Å². The molecule has 4 atom stereocenters. The number of phosphoric acid groups is 1. The second kappa shape index (κ2) is 42.7. The normalized spacial score (nSPS) is 14.6. The molecule has 0 fully saturated rings. The van der Waals surface area contributed by atoms with Crippen molar-refractivity contribution in [1.82, 2.24) is 0 Å². The van der Waals surface area contributed by atoms with Gasteiger partial charge in [0, 0.05) is 12.8 Å². The Balaban J connectivity index is 4.47. The minimum absolute atomic E-state index is 0.0635. The number of carbonyl (C=O) groups is 3. The number of aliphatic hydroxyl groups excluding tert-OH is 1. The number of unbranched alkanes of at least 4 members (excludes halogenated alkanes) is 21. The SMILES string of the molecule is CCCCCCCC/C=C\CCCCCCCCCCCC(=O)OC[C@H](COP(=O)(O)OC[C@H](N)C(=O)O)OC(=O)CCCC(O)/C=C/C=C/C/C=C/CCCCCCCC. The molecule has 61 heavy (non-hydrogen) atoms. The smallest absolute Gasteiger partial charge is 0.472 e. The number of carboxylic acids is 1. The zero-order valence-electron chi connectivity index (χ0n) is 38.1. The van der Waals surface area contributed by atoms with Crippen LogP contribution in [0.4, 0.5) is 0 Å². The number of aliphatic carboxylic acids is 1. The third kappa shape index (κ3) is 42.5. The number of phosphoric ester groups is 1. The van der Waals surface area contributed by atoms with E-state index in [1.165, 1.54) is 122 Å². The van der Waals surface area contributed by atoms with E-state index < -0.39 is 63.8 Å². The number of esters is 2. The van der Waals surface area contributed by atoms with Gasteiger partial charge in [-0.25, -0.2) is 4.57 Å². The summed E-state index contributed by atoms with van der Waals surface area (Å²) in [5.41, 5.74) is 5.33. The first-order chi connectivity index (χ1) is 29.5. The van der Waals surface area contributed by atoms with Crippen molar-refractivity contribution >= 4 is 25.7 Å². The monoisotopic (exact) mass is 884 g/mol. The zero-order chi connectivity index (χ0) is 45.1. The maximum atomic E-state index is 12.7. The van der Waals surface area contributed by atoms with Crippen molar-refractivity contribution in [1.29, 1.82) is 0 Å². The van der Waals surface area contributed by atoms with Crippen LogP contribution in [0.25, 0.3) is 0 Å². The lowest BCUT2D eigenvalue weighted by atomic mass is 10.1. The Morgan fingerprint density at radius 1 is 0.590 bits per heavy atom. The highest BCUT2D eigenvalue weighted by atomic mass is 31.2. The van der Waals surface area contributed by atoms with Crippen LogP contribution in [0.15, 0.2) is 48.6 Å². The molecule has 5 N–H and O–H groups in total. The molecule has 0 aliphatic carbocycles. The lowest BCUT2D eigenvalue weighted by Crippen LogP contribution is -2.34. The summed E-state index contributed by atoms with van der Waals surface area (Å²) in [5, 5.41) is 19.2. The number of carbonyl (C=O) groups excluding carboxylic acids is 2. The molecule has 13 heteroatoms. The highest BCUT2D eigenvalue weighted by Gasteiger charge is 2.28. The second-order valence-electron chi connectivity index (χ2n) is 16.1. The fraction of sp³-hybridized carbons (Fsp3) is 0.771. The van der Waals surface area contributed by atoms with Gasteiger partial charge in [-0.1, -0.05) is 172 Å². The molecule has 0 saturated carbocycles. The van der Waals surface area contributed by atoms with Crippen LogP contribution in [-0.2, 0) is 37.5 Å². The number of hydrogen-bond donors (Lipinski definition) is 4. The molecule has 12 nitrogen and oxygen atoms in total. The predicted octanol–water partition coefficient (Wildman–Crippen LogP) is 11.9. The first kappa shape index (κ1) is 58.4. The Labute approximate surface area is 369 Å². The summed E-state index contributed by atoms with van der Waals surface area (Å²) < 4.78 is 32.6. The van der Waals surface area contributed by atoms with Gasteiger partial charge in [-0.05, 0) is 64.2 Å². The van der Waals surface area contributed by atoms with Gasteiger partial charge in [-0.2, -0.15) is 0 Å². The fourth-order valence-electron chi connectivity index (χ4n) is 6.36. The molecule has 0 aliphatic rings. The average Bonchev–Trinajstić information content (AvgIpc) is 3.23. The number of allylic oxidation sites excluding steroid dienone is 7.